The minimum Gasteiger partial charge on any atom is -0.326 e. The molecule has 2 N–H and O–H groups in total. The first kappa shape index (κ1) is 24.1. The van der Waals surface area contributed by atoms with Crippen LogP contribution in [0.25, 0.3) is 0 Å². The van der Waals surface area contributed by atoms with Crippen molar-refractivity contribution in [2.45, 2.75) is 50.5 Å². The molecule has 2 aromatic rings. The first-order valence-electron chi connectivity index (χ1n) is 10.1. The summed E-state index contributed by atoms with van der Waals surface area (Å²) in [6.45, 7) is 3.47. The van der Waals surface area contributed by atoms with Crippen LogP contribution < -0.4 is 5.32 Å². The van der Waals surface area contributed by atoms with E-state index in [2.05, 4.69) is 34.1 Å². The smallest absolute Gasteiger partial charge is 0.316 e. The van der Waals surface area contributed by atoms with Crippen LogP contribution in [0.3, 0.4) is 0 Å². The summed E-state index contributed by atoms with van der Waals surface area (Å²) in [6, 6.07) is 14.1. The van der Waals surface area contributed by atoms with Crippen molar-refractivity contribution in [3.63, 3.8) is 0 Å². The van der Waals surface area contributed by atoms with Gasteiger partial charge in [-0.25, -0.2) is 4.39 Å². The highest BCUT2D eigenvalue weighted by Crippen LogP contribution is 2.26. The van der Waals surface area contributed by atoms with Crippen molar-refractivity contribution in [2.24, 2.45) is 0 Å². The fourth-order valence-corrected chi connectivity index (χ4v) is 4.36. The molecule has 0 fully saturated rings. The maximum absolute atomic E-state index is 14.4. The summed E-state index contributed by atoms with van der Waals surface area (Å²) in [7, 11) is -2.85. The number of hydrogen-bond acceptors (Lipinski definition) is 4. The average Bonchev–Trinajstić information content (AvgIpc) is 2.70. The third kappa shape index (κ3) is 9.92. The molecule has 0 spiro atoms. The zero-order valence-electron chi connectivity index (χ0n) is 17.0. The molecule has 0 amide bonds. The van der Waals surface area contributed by atoms with E-state index in [0.29, 0.717) is 19.5 Å². The van der Waals surface area contributed by atoms with Gasteiger partial charge in [0.2, 0.25) is 0 Å². The Morgan fingerprint density at radius 1 is 1.14 bits per heavy atom. The van der Waals surface area contributed by atoms with Crippen molar-refractivity contribution in [1.29, 1.82) is 0 Å². The lowest BCUT2D eigenvalue weighted by molar-refractivity contribution is 0.276. The second-order valence-electron chi connectivity index (χ2n) is 7.00. The third-order valence-corrected chi connectivity index (χ3v) is 6.21. The predicted molar refractivity (Wildman–Crippen MR) is 119 cm³/mol. The summed E-state index contributed by atoms with van der Waals surface area (Å²) in [4.78, 5) is 9.31. The van der Waals surface area contributed by atoms with Crippen LogP contribution in [0.2, 0.25) is 0 Å². The van der Waals surface area contributed by atoms with Crippen LogP contribution in [-0.2, 0) is 22.1 Å². The Labute approximate surface area is 178 Å². The minimum atomic E-state index is -2.85. The molecule has 4 nitrogen and oxygen atoms in total. The summed E-state index contributed by atoms with van der Waals surface area (Å²) in [6.07, 6.45) is 5.14. The molecule has 0 aliphatic carbocycles. The molecule has 1 unspecified atom stereocenters. The fraction of sp³-hybridized carbons (Fsp3) is 0.455. The Hall–Kier alpha value is -1.17. The molecule has 0 heterocycles. The number of nitrogens with one attached hydrogen (secondary N) is 1. The second kappa shape index (κ2) is 13.9. The molecule has 0 aliphatic rings. The van der Waals surface area contributed by atoms with Gasteiger partial charge in [0.25, 0.3) is 0 Å². The van der Waals surface area contributed by atoms with E-state index < -0.39 is 8.25 Å². The summed E-state index contributed by atoms with van der Waals surface area (Å²) < 4.78 is 29.5. The topological polar surface area (TPSA) is 58.6 Å². The van der Waals surface area contributed by atoms with E-state index >= 15 is 0 Å². The van der Waals surface area contributed by atoms with E-state index in [-0.39, 0.29) is 12.4 Å². The van der Waals surface area contributed by atoms with E-state index in [1.54, 1.807) is 17.8 Å². The molecule has 0 saturated carbocycles. The van der Waals surface area contributed by atoms with Crippen molar-refractivity contribution in [2.75, 3.05) is 18.9 Å². The number of thioether (sulfide) groups is 1. The molecular formula is C22H31FNO3PS. The van der Waals surface area contributed by atoms with Crippen molar-refractivity contribution in [3.8, 4) is 0 Å². The maximum atomic E-state index is 14.4. The van der Waals surface area contributed by atoms with E-state index in [0.717, 1.165) is 47.5 Å². The van der Waals surface area contributed by atoms with Crippen molar-refractivity contribution < 1.29 is 18.4 Å². The Morgan fingerprint density at radius 2 is 1.93 bits per heavy atom. The van der Waals surface area contributed by atoms with E-state index in [4.69, 9.17) is 4.89 Å². The van der Waals surface area contributed by atoms with Gasteiger partial charge in [0.1, 0.15) is 5.82 Å². The van der Waals surface area contributed by atoms with Crippen LogP contribution in [0.1, 0.15) is 42.4 Å². The zero-order valence-corrected chi connectivity index (χ0v) is 18.8. The highest BCUT2D eigenvalue weighted by molar-refractivity contribution is 7.99. The van der Waals surface area contributed by atoms with E-state index in [1.807, 2.05) is 19.1 Å². The van der Waals surface area contributed by atoms with Gasteiger partial charge in [0.05, 0.1) is 6.61 Å². The van der Waals surface area contributed by atoms with Crippen molar-refractivity contribution >= 4 is 20.0 Å². The molecule has 2 rings (SSSR count). The maximum Gasteiger partial charge on any atom is 0.316 e. The van der Waals surface area contributed by atoms with Crippen molar-refractivity contribution in [3.05, 3.63) is 65.0 Å². The fourth-order valence-electron chi connectivity index (χ4n) is 3.01. The monoisotopic (exact) mass is 439 g/mol. The third-order valence-electron chi connectivity index (χ3n) is 4.64. The number of unbranched alkanes of at least 4 members (excludes halogenated alkanes) is 2. The zero-order chi connectivity index (χ0) is 20.9. The molecular weight excluding hydrogens is 408 g/mol. The van der Waals surface area contributed by atoms with Crippen LogP contribution in [0.5, 0.6) is 0 Å². The lowest BCUT2D eigenvalue weighted by Gasteiger charge is -2.11. The second-order valence-corrected chi connectivity index (χ2v) is 8.96. The van der Waals surface area contributed by atoms with Crippen LogP contribution in [0.4, 0.5) is 4.39 Å². The van der Waals surface area contributed by atoms with Crippen LogP contribution >= 0.6 is 20.0 Å². The molecule has 7 heteroatoms. The largest absolute Gasteiger partial charge is 0.326 e. The molecule has 160 valence electrons. The number of halogens is 1. The summed E-state index contributed by atoms with van der Waals surface area (Å²) in [5.74, 6) is 0.764. The van der Waals surface area contributed by atoms with Gasteiger partial charge in [0.15, 0.2) is 0 Å². The molecule has 0 aromatic heterocycles. The molecule has 0 saturated heterocycles. The van der Waals surface area contributed by atoms with Gasteiger partial charge in [0, 0.05) is 11.4 Å². The van der Waals surface area contributed by atoms with Gasteiger partial charge in [-0.15, -0.1) is 11.8 Å². The SMILES string of the molecule is Cc1cc(SCCCCCc2ccccc2)c(F)cc1CNCCCO[PH](=O)O. The highest BCUT2D eigenvalue weighted by Gasteiger charge is 2.08. The lowest BCUT2D eigenvalue weighted by atomic mass is 10.1. The molecule has 1 atom stereocenters. The van der Waals surface area contributed by atoms with Crippen molar-refractivity contribution in [1.82, 2.24) is 5.32 Å². The van der Waals surface area contributed by atoms with Gasteiger partial charge in [-0.3, -0.25) is 4.57 Å². The van der Waals surface area contributed by atoms with E-state index in [9.17, 15) is 8.96 Å². The summed E-state index contributed by atoms with van der Waals surface area (Å²) >= 11 is 1.59. The molecule has 0 aliphatic heterocycles. The number of hydrogen-bond donors (Lipinski definition) is 2. The van der Waals surface area contributed by atoms with Crippen LogP contribution in [0, 0.1) is 12.7 Å². The summed E-state index contributed by atoms with van der Waals surface area (Å²) in [5.41, 5.74) is 3.39. The van der Waals surface area contributed by atoms with Gasteiger partial charge in [-0.2, -0.15) is 0 Å². The number of benzene rings is 2. The predicted octanol–water partition coefficient (Wildman–Crippen LogP) is 5.52. The first-order chi connectivity index (χ1) is 14.1. The number of aryl methyl sites for hydroxylation is 2. The standard InChI is InChI=1S/C22H31FNO3PS/c1-18-15-22(29-14-7-3-6-11-19-9-4-2-5-10-19)21(23)16-20(18)17-24-12-8-13-27-28(25)26/h2,4-5,9-10,15-16,24,28H,3,6-8,11-14,17H2,1H3,(H,25,26). The molecule has 29 heavy (non-hydrogen) atoms. The van der Waals surface area contributed by atoms with Gasteiger partial charge in [-0.1, -0.05) is 36.8 Å². The molecule has 0 radical (unpaired) electrons. The Morgan fingerprint density at radius 3 is 2.69 bits per heavy atom. The van der Waals surface area contributed by atoms with E-state index in [1.165, 1.54) is 5.56 Å². The van der Waals surface area contributed by atoms with Gasteiger partial charge >= 0.3 is 8.25 Å². The lowest BCUT2D eigenvalue weighted by Crippen LogP contribution is -2.16. The Bertz CT molecular complexity index is 761. The molecule has 2 aromatic carbocycles. The minimum absolute atomic E-state index is 0.163. The quantitative estimate of drug-likeness (QED) is 0.231. The van der Waals surface area contributed by atoms with Gasteiger partial charge in [-0.05, 0) is 73.7 Å². The first-order valence-corrected chi connectivity index (χ1v) is 12.3. The number of rotatable bonds is 14. The average molecular weight is 440 g/mol. The Balaban J connectivity index is 1.65. The highest BCUT2D eigenvalue weighted by atomic mass is 32.2. The Kier molecular flexibility index (Phi) is 11.6. The normalized spacial score (nSPS) is 12.2. The van der Waals surface area contributed by atoms with Crippen LogP contribution in [0.15, 0.2) is 47.4 Å². The van der Waals surface area contributed by atoms with Crippen LogP contribution in [-0.4, -0.2) is 23.8 Å². The summed E-state index contributed by atoms with van der Waals surface area (Å²) in [5, 5.41) is 3.22. The van der Waals surface area contributed by atoms with Gasteiger partial charge < -0.3 is 14.7 Å². The molecule has 0 bridgehead atoms.